The van der Waals surface area contributed by atoms with E-state index in [1.165, 1.54) is 64.8 Å². The van der Waals surface area contributed by atoms with Gasteiger partial charge in [-0.2, -0.15) is 0 Å². The van der Waals surface area contributed by atoms with Gasteiger partial charge in [-0.3, -0.25) is 4.90 Å². The van der Waals surface area contributed by atoms with E-state index in [1.54, 1.807) is 0 Å². The first-order chi connectivity index (χ1) is 8.33. The van der Waals surface area contributed by atoms with Crippen LogP contribution in [0, 0.1) is 5.92 Å². The predicted octanol–water partition coefficient (Wildman–Crippen LogP) is 1.15. The van der Waals surface area contributed by atoms with E-state index in [4.69, 9.17) is 0 Å². The van der Waals surface area contributed by atoms with Crippen LogP contribution in [0.2, 0.25) is 0 Å². The standard InChI is InChI=1S/C14H27N3/c1-16-9-6-14(11-16)17(13-2-3-13)10-12-4-7-15-8-5-12/h12-15H,2-11H2,1H3. The number of likely N-dealkylation sites (tertiary alicyclic amines) is 1. The Morgan fingerprint density at radius 1 is 1.06 bits per heavy atom. The van der Waals surface area contributed by atoms with Gasteiger partial charge in [0.25, 0.3) is 0 Å². The molecule has 0 radical (unpaired) electrons. The molecule has 0 aromatic heterocycles. The number of hydrogen-bond acceptors (Lipinski definition) is 3. The summed E-state index contributed by atoms with van der Waals surface area (Å²) in [5.41, 5.74) is 0. The minimum Gasteiger partial charge on any atom is -0.317 e. The second-order valence-corrected chi connectivity index (χ2v) is 6.33. The first-order valence-corrected chi connectivity index (χ1v) is 7.48. The zero-order chi connectivity index (χ0) is 11.7. The molecule has 1 aliphatic carbocycles. The zero-order valence-corrected chi connectivity index (χ0v) is 11.2. The van der Waals surface area contributed by atoms with Crippen LogP contribution in [-0.4, -0.2) is 61.7 Å². The second kappa shape index (κ2) is 5.25. The lowest BCUT2D eigenvalue weighted by atomic mass is 9.96. The van der Waals surface area contributed by atoms with Crippen LogP contribution in [0.15, 0.2) is 0 Å². The molecule has 0 aromatic carbocycles. The third kappa shape index (κ3) is 3.01. The summed E-state index contributed by atoms with van der Waals surface area (Å²) in [6, 6.07) is 1.81. The lowest BCUT2D eigenvalue weighted by Gasteiger charge is -2.34. The van der Waals surface area contributed by atoms with Crippen molar-refractivity contribution < 1.29 is 0 Å². The molecule has 2 aliphatic heterocycles. The van der Waals surface area contributed by atoms with Crippen molar-refractivity contribution >= 4 is 0 Å². The van der Waals surface area contributed by atoms with Crippen LogP contribution in [0.5, 0.6) is 0 Å². The van der Waals surface area contributed by atoms with Crippen molar-refractivity contribution in [2.24, 2.45) is 5.92 Å². The van der Waals surface area contributed by atoms with Crippen LogP contribution in [-0.2, 0) is 0 Å². The van der Waals surface area contributed by atoms with Crippen molar-refractivity contribution in [1.82, 2.24) is 15.1 Å². The van der Waals surface area contributed by atoms with Gasteiger partial charge in [-0.05, 0) is 64.7 Å². The van der Waals surface area contributed by atoms with E-state index in [9.17, 15) is 0 Å². The van der Waals surface area contributed by atoms with Gasteiger partial charge in [-0.1, -0.05) is 0 Å². The van der Waals surface area contributed by atoms with Gasteiger partial charge in [-0.25, -0.2) is 0 Å². The fourth-order valence-corrected chi connectivity index (χ4v) is 3.55. The minimum atomic E-state index is 0.863. The van der Waals surface area contributed by atoms with E-state index in [0.29, 0.717) is 0 Å². The number of piperidine rings is 1. The number of rotatable bonds is 4. The molecular weight excluding hydrogens is 210 g/mol. The van der Waals surface area contributed by atoms with Crippen LogP contribution in [0.3, 0.4) is 0 Å². The van der Waals surface area contributed by atoms with E-state index < -0.39 is 0 Å². The monoisotopic (exact) mass is 237 g/mol. The number of likely N-dealkylation sites (N-methyl/N-ethyl adjacent to an activating group) is 1. The normalized spacial score (nSPS) is 32.5. The van der Waals surface area contributed by atoms with Gasteiger partial charge in [0.05, 0.1) is 0 Å². The first kappa shape index (κ1) is 11.9. The van der Waals surface area contributed by atoms with Gasteiger partial charge in [0.2, 0.25) is 0 Å². The van der Waals surface area contributed by atoms with Crippen LogP contribution in [0.4, 0.5) is 0 Å². The van der Waals surface area contributed by atoms with Gasteiger partial charge in [-0.15, -0.1) is 0 Å². The molecule has 2 saturated heterocycles. The molecule has 2 heterocycles. The van der Waals surface area contributed by atoms with Crippen molar-refractivity contribution in [3.63, 3.8) is 0 Å². The molecular formula is C14H27N3. The summed E-state index contributed by atoms with van der Waals surface area (Å²) in [6.07, 6.45) is 7.12. The molecule has 1 unspecified atom stereocenters. The third-order valence-corrected chi connectivity index (χ3v) is 4.78. The molecule has 3 nitrogen and oxygen atoms in total. The van der Waals surface area contributed by atoms with Gasteiger partial charge >= 0.3 is 0 Å². The summed E-state index contributed by atoms with van der Waals surface area (Å²) in [7, 11) is 2.27. The molecule has 98 valence electrons. The largest absolute Gasteiger partial charge is 0.317 e. The molecule has 1 N–H and O–H groups in total. The summed E-state index contributed by atoms with van der Waals surface area (Å²) in [6.45, 7) is 6.48. The quantitative estimate of drug-likeness (QED) is 0.791. The zero-order valence-electron chi connectivity index (χ0n) is 11.2. The maximum Gasteiger partial charge on any atom is 0.0238 e. The molecule has 1 atom stereocenters. The summed E-state index contributed by atoms with van der Waals surface area (Å²) in [5, 5.41) is 3.48. The highest BCUT2D eigenvalue weighted by molar-refractivity contribution is 4.93. The minimum absolute atomic E-state index is 0.863. The van der Waals surface area contributed by atoms with Crippen LogP contribution in [0.1, 0.15) is 32.1 Å². The van der Waals surface area contributed by atoms with Crippen LogP contribution >= 0.6 is 0 Å². The van der Waals surface area contributed by atoms with Crippen molar-refractivity contribution in [1.29, 1.82) is 0 Å². The molecule has 17 heavy (non-hydrogen) atoms. The van der Waals surface area contributed by atoms with Crippen LogP contribution in [0.25, 0.3) is 0 Å². The number of nitrogens with one attached hydrogen (secondary N) is 1. The molecule has 3 aliphatic rings. The third-order valence-electron chi connectivity index (χ3n) is 4.78. The smallest absolute Gasteiger partial charge is 0.0238 e. The highest BCUT2D eigenvalue weighted by Crippen LogP contribution is 2.32. The van der Waals surface area contributed by atoms with Crippen molar-refractivity contribution in [3.8, 4) is 0 Å². The molecule has 1 saturated carbocycles. The number of nitrogens with zero attached hydrogens (tertiary/aromatic N) is 2. The van der Waals surface area contributed by atoms with E-state index in [0.717, 1.165) is 18.0 Å². The Bertz CT molecular complexity index is 246. The molecule has 0 amide bonds. The van der Waals surface area contributed by atoms with Gasteiger partial charge in [0.1, 0.15) is 0 Å². The Hall–Kier alpha value is -0.120. The van der Waals surface area contributed by atoms with Crippen molar-refractivity contribution in [3.05, 3.63) is 0 Å². The predicted molar refractivity (Wildman–Crippen MR) is 71.2 cm³/mol. The van der Waals surface area contributed by atoms with Crippen molar-refractivity contribution in [2.45, 2.75) is 44.2 Å². The topological polar surface area (TPSA) is 18.5 Å². The average molecular weight is 237 g/mol. The highest BCUT2D eigenvalue weighted by atomic mass is 15.3. The number of hydrogen-bond donors (Lipinski definition) is 1. The Labute approximate surface area is 106 Å². The fourth-order valence-electron chi connectivity index (χ4n) is 3.55. The SMILES string of the molecule is CN1CCC(N(CC2CCNCC2)C2CC2)C1. The maximum atomic E-state index is 3.48. The van der Waals surface area contributed by atoms with Gasteiger partial charge in [0.15, 0.2) is 0 Å². The van der Waals surface area contributed by atoms with Gasteiger partial charge < -0.3 is 10.2 Å². The summed E-state index contributed by atoms with van der Waals surface area (Å²) < 4.78 is 0. The van der Waals surface area contributed by atoms with E-state index in [1.807, 2.05) is 0 Å². The summed E-state index contributed by atoms with van der Waals surface area (Å²) in [5.74, 6) is 0.961. The lowest BCUT2D eigenvalue weighted by molar-refractivity contribution is 0.145. The Morgan fingerprint density at radius 3 is 2.41 bits per heavy atom. The molecule has 0 bridgehead atoms. The highest BCUT2D eigenvalue weighted by Gasteiger charge is 2.37. The molecule has 0 spiro atoms. The second-order valence-electron chi connectivity index (χ2n) is 6.33. The van der Waals surface area contributed by atoms with Crippen LogP contribution < -0.4 is 5.32 Å². The molecule has 3 heteroatoms. The summed E-state index contributed by atoms with van der Waals surface area (Å²) in [4.78, 5) is 5.38. The van der Waals surface area contributed by atoms with E-state index in [2.05, 4.69) is 22.2 Å². The van der Waals surface area contributed by atoms with E-state index in [-0.39, 0.29) is 0 Å². The Kier molecular flexibility index (Phi) is 3.69. The molecule has 3 rings (SSSR count). The molecule has 0 aromatic rings. The maximum absolute atomic E-state index is 3.48. The molecule has 3 fully saturated rings. The average Bonchev–Trinajstić information content (AvgIpc) is 3.10. The summed E-state index contributed by atoms with van der Waals surface area (Å²) >= 11 is 0. The van der Waals surface area contributed by atoms with Gasteiger partial charge in [0, 0.05) is 25.2 Å². The van der Waals surface area contributed by atoms with E-state index >= 15 is 0 Å². The lowest BCUT2D eigenvalue weighted by Crippen LogP contribution is -2.43. The Balaban J connectivity index is 1.56. The van der Waals surface area contributed by atoms with Crippen molar-refractivity contribution in [2.75, 3.05) is 39.8 Å². The Morgan fingerprint density at radius 2 is 1.82 bits per heavy atom. The fraction of sp³-hybridized carbons (Fsp3) is 1.00. The first-order valence-electron chi connectivity index (χ1n) is 7.48.